The van der Waals surface area contributed by atoms with Gasteiger partial charge in [0.1, 0.15) is 23.7 Å². The van der Waals surface area contributed by atoms with E-state index in [0.29, 0.717) is 27.9 Å². The van der Waals surface area contributed by atoms with Crippen LogP contribution in [0, 0.1) is 0 Å². The van der Waals surface area contributed by atoms with E-state index in [0.717, 1.165) is 5.56 Å². The molecule has 0 radical (unpaired) electrons. The molecule has 4 rings (SSSR count). The van der Waals surface area contributed by atoms with Gasteiger partial charge in [0, 0.05) is 30.8 Å². The van der Waals surface area contributed by atoms with Crippen LogP contribution in [0.4, 0.5) is 10.5 Å². The maximum Gasteiger partial charge on any atom is 0.414 e. The van der Waals surface area contributed by atoms with Crippen molar-refractivity contribution in [2.75, 3.05) is 18.1 Å². The van der Waals surface area contributed by atoms with Gasteiger partial charge in [0.2, 0.25) is 0 Å². The topological polar surface area (TPSA) is 118 Å². The molecule has 1 atom stereocenters. The van der Waals surface area contributed by atoms with Gasteiger partial charge < -0.3 is 24.3 Å². The van der Waals surface area contributed by atoms with Gasteiger partial charge in [-0.15, -0.1) is 0 Å². The Kier molecular flexibility index (Phi) is 6.43. The third-order valence-electron chi connectivity index (χ3n) is 5.57. The number of anilines is 1. The molecule has 0 fully saturated rings. The highest BCUT2D eigenvalue weighted by atomic mass is 16.6. The highest BCUT2D eigenvalue weighted by molar-refractivity contribution is 6.04. The number of aromatic amines is 1. The number of H-pyrrole nitrogens is 1. The maximum absolute atomic E-state index is 13.1. The summed E-state index contributed by atoms with van der Waals surface area (Å²) in [5.74, 6) is -1.54. The molecule has 1 aliphatic rings. The van der Waals surface area contributed by atoms with Crippen LogP contribution in [0.3, 0.4) is 0 Å². The second-order valence-corrected chi connectivity index (χ2v) is 9.45. The minimum absolute atomic E-state index is 0.0140. The summed E-state index contributed by atoms with van der Waals surface area (Å²) >= 11 is 0. The predicted molar refractivity (Wildman–Crippen MR) is 129 cm³/mol. The van der Waals surface area contributed by atoms with Crippen molar-refractivity contribution in [1.82, 2.24) is 4.98 Å². The van der Waals surface area contributed by atoms with Gasteiger partial charge in [0.15, 0.2) is 0 Å². The van der Waals surface area contributed by atoms with Gasteiger partial charge in [-0.2, -0.15) is 0 Å². The van der Waals surface area contributed by atoms with E-state index >= 15 is 0 Å². The van der Waals surface area contributed by atoms with Crippen molar-refractivity contribution in [3.8, 4) is 5.75 Å². The Hall–Kier alpha value is -4.01. The normalized spacial score (nSPS) is 15.1. The molecule has 2 heterocycles. The first-order valence-electron chi connectivity index (χ1n) is 11.3. The molecule has 184 valence electrons. The largest absolute Gasteiger partial charge is 0.487 e. The first-order valence-corrected chi connectivity index (χ1v) is 11.3. The van der Waals surface area contributed by atoms with Crippen molar-refractivity contribution in [2.24, 2.45) is 0 Å². The Morgan fingerprint density at radius 2 is 1.86 bits per heavy atom. The number of rotatable bonds is 6. The minimum atomic E-state index is -1.12. The zero-order chi connectivity index (χ0) is 25.3. The lowest BCUT2D eigenvalue weighted by Gasteiger charge is -2.25. The van der Waals surface area contributed by atoms with Gasteiger partial charge in [-0.1, -0.05) is 30.3 Å². The zero-order valence-electron chi connectivity index (χ0n) is 20.1. The van der Waals surface area contributed by atoms with E-state index < -0.39 is 23.6 Å². The molecule has 35 heavy (non-hydrogen) atoms. The molecule has 1 amide bonds. The standard InChI is InChI=1S/C26H28N2O7/c1-15(29)33-14-17-12-28(25(32)35-26(2,3)4)20-11-21(34-13-16-8-6-5-7-9-16)23-18(22(17)20)10-19(27-23)24(30)31/h5-11,17,27H,12-14H2,1-4H3,(H,30,31)/t17-/m0/s1. The van der Waals surface area contributed by atoms with Crippen LogP contribution >= 0.6 is 0 Å². The number of carbonyl (C=O) groups is 3. The van der Waals surface area contributed by atoms with Gasteiger partial charge in [-0.05, 0) is 38.0 Å². The molecule has 0 aliphatic carbocycles. The number of ether oxygens (including phenoxy) is 3. The summed E-state index contributed by atoms with van der Waals surface area (Å²) in [6.07, 6.45) is -0.550. The van der Waals surface area contributed by atoms with Gasteiger partial charge >= 0.3 is 18.0 Å². The van der Waals surface area contributed by atoms with Crippen LogP contribution in [0.25, 0.3) is 10.9 Å². The van der Waals surface area contributed by atoms with Crippen LogP contribution in [0.1, 0.15) is 55.2 Å². The van der Waals surface area contributed by atoms with E-state index in [9.17, 15) is 19.5 Å². The molecular formula is C26H28N2O7. The highest BCUT2D eigenvalue weighted by Crippen LogP contribution is 2.46. The molecule has 0 spiro atoms. The number of aromatic nitrogens is 1. The fourth-order valence-electron chi connectivity index (χ4n) is 4.14. The molecule has 0 unspecified atom stereocenters. The smallest absolute Gasteiger partial charge is 0.414 e. The van der Waals surface area contributed by atoms with Gasteiger partial charge in [0.25, 0.3) is 0 Å². The lowest BCUT2D eigenvalue weighted by atomic mass is 9.97. The molecule has 9 nitrogen and oxygen atoms in total. The van der Waals surface area contributed by atoms with Crippen LogP contribution in [-0.4, -0.2) is 46.9 Å². The van der Waals surface area contributed by atoms with Crippen LogP contribution in [0.5, 0.6) is 5.75 Å². The highest BCUT2D eigenvalue weighted by Gasteiger charge is 2.38. The molecule has 2 aromatic carbocycles. The number of nitrogens with one attached hydrogen (secondary N) is 1. The average molecular weight is 481 g/mol. The third kappa shape index (κ3) is 5.24. The number of carboxylic acids is 1. The molecule has 0 saturated heterocycles. The molecular weight excluding hydrogens is 452 g/mol. The second-order valence-electron chi connectivity index (χ2n) is 9.45. The van der Waals surface area contributed by atoms with Crippen molar-refractivity contribution in [3.05, 3.63) is 59.3 Å². The summed E-state index contributed by atoms with van der Waals surface area (Å²) in [4.78, 5) is 40.8. The molecule has 2 N–H and O–H groups in total. The van der Waals surface area contributed by atoms with E-state index in [1.165, 1.54) is 17.9 Å². The van der Waals surface area contributed by atoms with Crippen molar-refractivity contribution in [1.29, 1.82) is 0 Å². The first-order chi connectivity index (χ1) is 16.5. The number of esters is 1. The van der Waals surface area contributed by atoms with E-state index in [-0.39, 0.29) is 31.4 Å². The summed E-state index contributed by atoms with van der Waals surface area (Å²) in [6.45, 7) is 7.15. The molecule has 0 saturated carbocycles. The van der Waals surface area contributed by atoms with Crippen molar-refractivity contribution in [2.45, 2.75) is 45.8 Å². The van der Waals surface area contributed by atoms with E-state index in [1.807, 2.05) is 30.3 Å². The monoisotopic (exact) mass is 480 g/mol. The predicted octanol–water partition coefficient (Wildman–Crippen LogP) is 4.85. The van der Waals surface area contributed by atoms with Crippen LogP contribution in [0.2, 0.25) is 0 Å². The molecule has 1 aromatic heterocycles. The van der Waals surface area contributed by atoms with Crippen LogP contribution in [0.15, 0.2) is 42.5 Å². The number of carbonyl (C=O) groups excluding carboxylic acids is 2. The fraction of sp³-hybridized carbons (Fsp3) is 0.346. The Morgan fingerprint density at radius 1 is 1.14 bits per heavy atom. The second kappa shape index (κ2) is 9.32. The lowest BCUT2D eigenvalue weighted by molar-refractivity contribution is -0.141. The van der Waals surface area contributed by atoms with Crippen LogP contribution < -0.4 is 9.64 Å². The van der Waals surface area contributed by atoms with E-state index in [1.54, 1.807) is 26.8 Å². The summed E-state index contributed by atoms with van der Waals surface area (Å²) < 4.78 is 17.0. The minimum Gasteiger partial charge on any atom is -0.487 e. The van der Waals surface area contributed by atoms with Gasteiger partial charge in [0.05, 0.1) is 17.8 Å². The summed E-state index contributed by atoms with van der Waals surface area (Å²) in [5, 5.41) is 10.2. The van der Waals surface area contributed by atoms with Crippen molar-refractivity contribution < 1.29 is 33.7 Å². The average Bonchev–Trinajstić information content (AvgIpc) is 3.37. The van der Waals surface area contributed by atoms with Crippen LogP contribution in [-0.2, 0) is 20.9 Å². The summed E-state index contributed by atoms with van der Waals surface area (Å²) in [7, 11) is 0. The number of hydrogen-bond donors (Lipinski definition) is 2. The molecule has 9 heteroatoms. The van der Waals surface area contributed by atoms with Gasteiger partial charge in [-0.3, -0.25) is 9.69 Å². The molecule has 1 aliphatic heterocycles. The van der Waals surface area contributed by atoms with E-state index in [2.05, 4.69) is 4.98 Å². The number of fused-ring (bicyclic) bond motifs is 3. The first kappa shape index (κ1) is 24.1. The number of benzene rings is 2. The SMILES string of the molecule is CC(=O)OC[C@@H]1CN(C(=O)OC(C)(C)C)c2cc(OCc3ccccc3)c3[nH]c(C(=O)O)cc3c21. The van der Waals surface area contributed by atoms with Crippen molar-refractivity contribution >= 4 is 34.6 Å². The summed E-state index contributed by atoms with van der Waals surface area (Å²) in [5.41, 5.74) is 1.93. The maximum atomic E-state index is 13.1. The fourth-order valence-corrected chi connectivity index (χ4v) is 4.14. The Balaban J connectivity index is 1.83. The Labute approximate surface area is 202 Å². The van der Waals surface area contributed by atoms with E-state index in [4.69, 9.17) is 14.2 Å². The van der Waals surface area contributed by atoms with Gasteiger partial charge in [-0.25, -0.2) is 9.59 Å². The Bertz CT molecular complexity index is 1270. The number of hydrogen-bond acceptors (Lipinski definition) is 6. The quantitative estimate of drug-likeness (QED) is 0.484. The number of nitrogens with zero attached hydrogens (tertiary/aromatic N) is 1. The molecule has 0 bridgehead atoms. The summed E-state index contributed by atoms with van der Waals surface area (Å²) in [6, 6.07) is 12.8. The number of aromatic carboxylic acids is 1. The third-order valence-corrected chi connectivity index (χ3v) is 5.57. The Morgan fingerprint density at radius 3 is 2.49 bits per heavy atom. The van der Waals surface area contributed by atoms with Crippen molar-refractivity contribution in [3.63, 3.8) is 0 Å². The number of carboxylic acid groups (broad SMARTS) is 1. The molecule has 3 aromatic rings. The zero-order valence-corrected chi connectivity index (χ0v) is 20.1. The number of amides is 1. The lowest BCUT2D eigenvalue weighted by Crippen LogP contribution is -2.36.